The second-order valence-corrected chi connectivity index (χ2v) is 8.43. The van der Waals surface area contributed by atoms with E-state index in [4.69, 9.17) is 4.74 Å². The van der Waals surface area contributed by atoms with Crippen LogP contribution in [0.3, 0.4) is 0 Å². The van der Waals surface area contributed by atoms with Crippen molar-refractivity contribution in [3.63, 3.8) is 0 Å². The Morgan fingerprint density at radius 1 is 1.28 bits per heavy atom. The summed E-state index contributed by atoms with van der Waals surface area (Å²) in [7, 11) is 1.69. The molecular formula is C20H20BrN3O4S. The van der Waals surface area contributed by atoms with Crippen LogP contribution >= 0.6 is 27.3 Å². The van der Waals surface area contributed by atoms with Gasteiger partial charge in [-0.25, -0.2) is 9.78 Å². The van der Waals surface area contributed by atoms with Gasteiger partial charge in [0.05, 0.1) is 18.3 Å². The molecule has 2 aromatic heterocycles. The van der Waals surface area contributed by atoms with Crippen molar-refractivity contribution >= 4 is 49.4 Å². The highest BCUT2D eigenvalue weighted by atomic mass is 79.9. The molecule has 0 spiro atoms. The molecule has 0 aliphatic heterocycles. The topological polar surface area (TPSA) is 81.5 Å². The third-order valence-corrected chi connectivity index (χ3v) is 6.15. The first-order valence-electron chi connectivity index (χ1n) is 8.95. The summed E-state index contributed by atoms with van der Waals surface area (Å²) in [5.74, 6) is -0.682. The number of carbonyl (C=O) groups excluding carboxylic acids is 2. The average Bonchev–Trinajstić information content (AvgIpc) is 3.03. The number of hydrogen-bond acceptors (Lipinski definition) is 6. The minimum Gasteiger partial charge on any atom is -0.462 e. The van der Waals surface area contributed by atoms with Crippen LogP contribution in [0.2, 0.25) is 0 Å². The molecule has 0 aliphatic rings. The number of rotatable bonds is 6. The van der Waals surface area contributed by atoms with E-state index in [0.29, 0.717) is 27.2 Å². The van der Waals surface area contributed by atoms with Crippen molar-refractivity contribution in [3.05, 3.63) is 61.4 Å². The first-order valence-corrected chi connectivity index (χ1v) is 10.6. The van der Waals surface area contributed by atoms with E-state index in [0.717, 1.165) is 21.4 Å². The molecule has 0 aliphatic carbocycles. The zero-order chi connectivity index (χ0) is 21.1. The normalized spacial score (nSPS) is 10.9. The number of thiophene rings is 1. The van der Waals surface area contributed by atoms with Crippen molar-refractivity contribution in [1.82, 2.24) is 14.5 Å². The number of benzene rings is 1. The molecule has 2 heterocycles. The van der Waals surface area contributed by atoms with E-state index < -0.39 is 5.97 Å². The van der Waals surface area contributed by atoms with Crippen molar-refractivity contribution in [3.8, 4) is 0 Å². The average molecular weight is 478 g/mol. The van der Waals surface area contributed by atoms with Crippen LogP contribution in [0.4, 0.5) is 0 Å². The molecule has 0 atom stereocenters. The zero-order valence-electron chi connectivity index (χ0n) is 16.3. The largest absolute Gasteiger partial charge is 0.462 e. The first kappa shape index (κ1) is 21.2. The Bertz CT molecular complexity index is 1120. The number of aromatic nitrogens is 2. The monoisotopic (exact) mass is 477 g/mol. The number of halogens is 1. The van der Waals surface area contributed by atoms with Gasteiger partial charge in [0, 0.05) is 18.1 Å². The summed E-state index contributed by atoms with van der Waals surface area (Å²) in [6, 6.07) is 7.69. The van der Waals surface area contributed by atoms with Gasteiger partial charge in [-0.05, 0) is 37.1 Å². The number of esters is 1. The van der Waals surface area contributed by atoms with Crippen molar-refractivity contribution in [2.24, 2.45) is 0 Å². The van der Waals surface area contributed by atoms with E-state index in [1.165, 1.54) is 10.9 Å². The Morgan fingerprint density at radius 2 is 1.97 bits per heavy atom. The van der Waals surface area contributed by atoms with Crippen LogP contribution in [-0.4, -0.2) is 40.0 Å². The van der Waals surface area contributed by atoms with Gasteiger partial charge in [0.15, 0.2) is 0 Å². The number of amides is 1. The fourth-order valence-corrected chi connectivity index (χ4v) is 4.18. The Labute approximate surface area is 180 Å². The maximum Gasteiger partial charge on any atom is 0.348 e. The predicted octanol–water partition coefficient (Wildman–Crippen LogP) is 3.36. The number of ether oxygens (including phenoxy) is 1. The molecule has 0 saturated carbocycles. The Balaban J connectivity index is 1.82. The minimum atomic E-state index is -0.468. The second kappa shape index (κ2) is 8.87. The van der Waals surface area contributed by atoms with Gasteiger partial charge in [-0.2, -0.15) is 0 Å². The zero-order valence-corrected chi connectivity index (χ0v) is 18.7. The van der Waals surface area contributed by atoms with Crippen molar-refractivity contribution in [2.45, 2.75) is 26.9 Å². The van der Waals surface area contributed by atoms with Gasteiger partial charge in [-0.15, -0.1) is 11.3 Å². The molecule has 0 radical (unpaired) electrons. The molecule has 0 fully saturated rings. The number of nitrogens with zero attached hydrogens (tertiary/aromatic N) is 3. The molecule has 7 nitrogen and oxygen atoms in total. The van der Waals surface area contributed by atoms with Gasteiger partial charge in [0.2, 0.25) is 5.91 Å². The lowest BCUT2D eigenvalue weighted by atomic mass is 10.2. The van der Waals surface area contributed by atoms with E-state index in [1.807, 2.05) is 24.3 Å². The molecule has 0 unspecified atom stereocenters. The van der Waals surface area contributed by atoms with Crippen LogP contribution < -0.4 is 5.56 Å². The summed E-state index contributed by atoms with van der Waals surface area (Å²) in [6.07, 6.45) is 1.35. The van der Waals surface area contributed by atoms with Crippen LogP contribution in [0, 0.1) is 6.92 Å². The molecule has 3 aromatic rings. The quantitative estimate of drug-likeness (QED) is 0.508. The molecule has 152 valence electrons. The first-order chi connectivity index (χ1) is 13.8. The summed E-state index contributed by atoms with van der Waals surface area (Å²) in [5.41, 5.74) is 1.17. The molecule has 1 aromatic carbocycles. The highest BCUT2D eigenvalue weighted by Crippen LogP contribution is 2.27. The molecule has 0 saturated heterocycles. The molecular weight excluding hydrogens is 458 g/mol. The molecule has 29 heavy (non-hydrogen) atoms. The maximum atomic E-state index is 12.9. The molecule has 9 heteroatoms. The minimum absolute atomic E-state index is 0.126. The van der Waals surface area contributed by atoms with Crippen LogP contribution in [0.15, 0.2) is 39.9 Å². The second-order valence-electron chi connectivity index (χ2n) is 6.51. The lowest BCUT2D eigenvalue weighted by molar-refractivity contribution is -0.131. The number of hydrogen-bond donors (Lipinski definition) is 0. The fraction of sp³-hybridized carbons (Fsp3) is 0.300. The lowest BCUT2D eigenvalue weighted by Crippen LogP contribution is -2.33. The summed E-state index contributed by atoms with van der Waals surface area (Å²) < 4.78 is 7.28. The van der Waals surface area contributed by atoms with Gasteiger partial charge >= 0.3 is 5.97 Å². The maximum absolute atomic E-state index is 12.9. The highest BCUT2D eigenvalue weighted by Gasteiger charge is 2.21. The van der Waals surface area contributed by atoms with Crippen molar-refractivity contribution < 1.29 is 14.3 Å². The van der Waals surface area contributed by atoms with E-state index in [1.54, 1.807) is 25.8 Å². The van der Waals surface area contributed by atoms with Gasteiger partial charge in [-0.1, -0.05) is 28.1 Å². The Kier molecular flexibility index (Phi) is 6.49. The highest BCUT2D eigenvalue weighted by molar-refractivity contribution is 9.10. The van der Waals surface area contributed by atoms with E-state index in [9.17, 15) is 14.4 Å². The van der Waals surface area contributed by atoms with Gasteiger partial charge in [0.25, 0.3) is 5.56 Å². The molecule has 3 rings (SSSR count). The Hall–Kier alpha value is -2.52. The molecule has 0 N–H and O–H groups in total. The van der Waals surface area contributed by atoms with E-state index in [-0.39, 0.29) is 24.6 Å². The number of aryl methyl sites for hydroxylation is 1. The van der Waals surface area contributed by atoms with Crippen LogP contribution in [0.5, 0.6) is 0 Å². The molecule has 0 bridgehead atoms. The van der Waals surface area contributed by atoms with E-state index in [2.05, 4.69) is 20.9 Å². The number of likely N-dealkylation sites (N-methyl/N-ethyl adjacent to an activating group) is 1. The molecule has 1 amide bonds. The van der Waals surface area contributed by atoms with Gasteiger partial charge in [0.1, 0.15) is 16.3 Å². The van der Waals surface area contributed by atoms with E-state index >= 15 is 0 Å². The van der Waals surface area contributed by atoms with Gasteiger partial charge in [-0.3, -0.25) is 14.2 Å². The SMILES string of the molecule is CCOC(=O)c1sc2ncn(CC(=O)N(C)Cc3ccc(Br)cc3)c(=O)c2c1C. The summed E-state index contributed by atoms with van der Waals surface area (Å²) in [5, 5.41) is 0.351. The standard InChI is InChI=1S/C20H20BrN3O4S/c1-4-28-20(27)17-12(2)16-18(29-17)22-11-24(19(16)26)10-15(25)23(3)9-13-5-7-14(21)8-6-13/h5-8,11H,4,9-10H2,1-3H3. The summed E-state index contributed by atoms with van der Waals surface area (Å²) in [6.45, 7) is 3.98. The third kappa shape index (κ3) is 4.56. The predicted molar refractivity (Wildman–Crippen MR) is 115 cm³/mol. The number of fused-ring (bicyclic) bond motifs is 1. The third-order valence-electron chi connectivity index (χ3n) is 4.44. The van der Waals surface area contributed by atoms with Crippen LogP contribution in [-0.2, 0) is 22.6 Å². The van der Waals surface area contributed by atoms with Gasteiger partial charge < -0.3 is 9.64 Å². The van der Waals surface area contributed by atoms with Crippen LogP contribution in [0.1, 0.15) is 27.7 Å². The summed E-state index contributed by atoms with van der Waals surface area (Å²) in [4.78, 5) is 44.2. The summed E-state index contributed by atoms with van der Waals surface area (Å²) >= 11 is 4.51. The fourth-order valence-electron chi connectivity index (χ4n) is 2.88. The van der Waals surface area contributed by atoms with Crippen LogP contribution in [0.25, 0.3) is 10.2 Å². The Morgan fingerprint density at radius 3 is 2.62 bits per heavy atom. The number of carbonyl (C=O) groups is 2. The smallest absolute Gasteiger partial charge is 0.348 e. The van der Waals surface area contributed by atoms with Crippen molar-refractivity contribution in [1.29, 1.82) is 0 Å². The van der Waals surface area contributed by atoms with Crippen molar-refractivity contribution in [2.75, 3.05) is 13.7 Å². The lowest BCUT2D eigenvalue weighted by Gasteiger charge is -2.18.